The molecule has 0 aromatic carbocycles. The van der Waals surface area contributed by atoms with Crippen molar-refractivity contribution in [3.05, 3.63) is 0 Å². The van der Waals surface area contributed by atoms with Crippen LogP contribution < -0.4 is 5.32 Å². The molecule has 5 heteroatoms. The zero-order valence-electron chi connectivity index (χ0n) is 11.9. The summed E-state index contributed by atoms with van der Waals surface area (Å²) in [6, 6.07) is -0.0416. The molecule has 1 amide bonds. The van der Waals surface area contributed by atoms with Gasteiger partial charge in [0.15, 0.2) is 0 Å². The van der Waals surface area contributed by atoms with Crippen molar-refractivity contribution in [2.45, 2.75) is 71.6 Å². The quantitative estimate of drug-likeness (QED) is 0.698. The fraction of sp³-hybridized carbons (Fsp3) is 0.846. The molecule has 106 valence electrons. The number of amides is 1. The molecule has 2 N–H and O–H groups in total. The zero-order chi connectivity index (χ0) is 14.3. The van der Waals surface area contributed by atoms with Gasteiger partial charge in [-0.25, -0.2) is 0 Å². The third kappa shape index (κ3) is 8.98. The molecule has 0 aliphatic carbocycles. The van der Waals surface area contributed by atoms with E-state index in [0.29, 0.717) is 6.42 Å². The van der Waals surface area contributed by atoms with Crippen LogP contribution >= 0.6 is 0 Å². The minimum atomic E-state index is -0.957. The van der Waals surface area contributed by atoms with E-state index in [2.05, 4.69) is 5.32 Å². The van der Waals surface area contributed by atoms with E-state index in [1.165, 1.54) is 0 Å². The summed E-state index contributed by atoms with van der Waals surface area (Å²) in [4.78, 5) is 21.8. The minimum absolute atomic E-state index is 0.0190. The van der Waals surface area contributed by atoms with Crippen LogP contribution in [0.2, 0.25) is 0 Å². The number of nitrogens with one attached hydrogen (secondary N) is 1. The molecule has 0 saturated heterocycles. The summed E-state index contributed by atoms with van der Waals surface area (Å²) in [7, 11) is 0. The van der Waals surface area contributed by atoms with Gasteiger partial charge in [0.2, 0.25) is 5.91 Å². The van der Waals surface area contributed by atoms with Gasteiger partial charge in [0, 0.05) is 12.5 Å². The Balaban J connectivity index is 4.05. The van der Waals surface area contributed by atoms with Gasteiger partial charge in [-0.3, -0.25) is 9.59 Å². The third-order valence-electron chi connectivity index (χ3n) is 2.33. The summed E-state index contributed by atoms with van der Waals surface area (Å²) in [6.07, 6.45) is 0.703. The summed E-state index contributed by atoms with van der Waals surface area (Å²) >= 11 is 0. The van der Waals surface area contributed by atoms with E-state index < -0.39 is 5.97 Å². The molecule has 0 spiro atoms. The molecule has 1 atom stereocenters. The van der Waals surface area contributed by atoms with Gasteiger partial charge in [-0.1, -0.05) is 0 Å². The number of aliphatic carboxylic acids is 1. The predicted octanol–water partition coefficient (Wildman–Crippen LogP) is 1.95. The molecule has 0 aliphatic rings. The average molecular weight is 259 g/mol. The molecule has 0 bridgehead atoms. The lowest BCUT2D eigenvalue weighted by atomic mass is 9.99. The topological polar surface area (TPSA) is 75.6 Å². The van der Waals surface area contributed by atoms with E-state index in [1.807, 2.05) is 34.6 Å². The van der Waals surface area contributed by atoms with Crippen molar-refractivity contribution in [1.29, 1.82) is 0 Å². The van der Waals surface area contributed by atoms with Crippen LogP contribution in [0.4, 0.5) is 0 Å². The maximum absolute atomic E-state index is 11.5. The first kappa shape index (κ1) is 16.9. The smallest absolute Gasteiger partial charge is 0.303 e. The summed E-state index contributed by atoms with van der Waals surface area (Å²) in [5, 5.41) is 11.3. The number of rotatable bonds is 8. The molecular formula is C13H25NO4. The first-order valence-corrected chi connectivity index (χ1v) is 6.31. The Morgan fingerprint density at radius 2 is 1.78 bits per heavy atom. The van der Waals surface area contributed by atoms with Gasteiger partial charge in [-0.05, 0) is 41.0 Å². The Morgan fingerprint density at radius 1 is 1.22 bits per heavy atom. The van der Waals surface area contributed by atoms with Gasteiger partial charge in [0.1, 0.15) is 0 Å². The molecule has 5 nitrogen and oxygen atoms in total. The summed E-state index contributed by atoms with van der Waals surface area (Å²) in [5.74, 6) is -1.19. The van der Waals surface area contributed by atoms with E-state index in [9.17, 15) is 9.59 Å². The molecule has 1 unspecified atom stereocenters. The highest BCUT2D eigenvalue weighted by Gasteiger charge is 2.23. The lowest BCUT2D eigenvalue weighted by Gasteiger charge is -2.30. The number of carboxylic acids is 1. The maximum atomic E-state index is 11.5. The Kier molecular flexibility index (Phi) is 6.91. The van der Waals surface area contributed by atoms with Gasteiger partial charge >= 0.3 is 5.97 Å². The van der Waals surface area contributed by atoms with Crippen molar-refractivity contribution in [1.82, 2.24) is 5.32 Å². The van der Waals surface area contributed by atoms with E-state index >= 15 is 0 Å². The lowest BCUT2D eigenvalue weighted by molar-refractivity contribution is -0.139. The van der Waals surface area contributed by atoms with Crippen molar-refractivity contribution in [2.24, 2.45) is 0 Å². The molecule has 0 aliphatic heterocycles. The van der Waals surface area contributed by atoms with E-state index in [1.54, 1.807) is 0 Å². The van der Waals surface area contributed by atoms with Crippen LogP contribution in [0, 0.1) is 0 Å². The SMILES string of the molecule is CC(CC(C)(C)OC(C)C)NC(=O)CCC(=O)O. The molecule has 0 radical (unpaired) electrons. The monoisotopic (exact) mass is 259 g/mol. The largest absolute Gasteiger partial charge is 0.481 e. The number of ether oxygens (including phenoxy) is 1. The Morgan fingerprint density at radius 3 is 2.22 bits per heavy atom. The van der Waals surface area contributed by atoms with Crippen LogP contribution in [0.1, 0.15) is 53.9 Å². The molecule has 0 fully saturated rings. The molecule has 0 aromatic rings. The van der Waals surface area contributed by atoms with Gasteiger partial charge in [-0.15, -0.1) is 0 Å². The summed E-state index contributed by atoms with van der Waals surface area (Å²) < 4.78 is 5.74. The summed E-state index contributed by atoms with van der Waals surface area (Å²) in [6.45, 7) is 9.79. The molecule has 0 aromatic heterocycles. The number of carbonyl (C=O) groups excluding carboxylic acids is 1. The zero-order valence-corrected chi connectivity index (χ0v) is 11.9. The maximum Gasteiger partial charge on any atom is 0.303 e. The van der Waals surface area contributed by atoms with Crippen molar-refractivity contribution in [3.63, 3.8) is 0 Å². The predicted molar refractivity (Wildman–Crippen MR) is 69.4 cm³/mol. The minimum Gasteiger partial charge on any atom is -0.481 e. The molecule has 0 heterocycles. The highest BCUT2D eigenvalue weighted by atomic mass is 16.5. The average Bonchev–Trinajstić information content (AvgIpc) is 2.10. The van der Waals surface area contributed by atoms with E-state index in [-0.39, 0.29) is 36.5 Å². The highest BCUT2D eigenvalue weighted by molar-refractivity contribution is 5.80. The first-order valence-electron chi connectivity index (χ1n) is 6.31. The number of carbonyl (C=O) groups is 2. The standard InChI is InChI=1S/C13H25NO4/c1-9(2)18-13(4,5)8-10(3)14-11(15)6-7-12(16)17/h9-10H,6-8H2,1-5H3,(H,14,15)(H,16,17). The van der Waals surface area contributed by atoms with Gasteiger partial charge in [0.05, 0.1) is 18.1 Å². The van der Waals surface area contributed by atoms with E-state index in [4.69, 9.17) is 9.84 Å². The van der Waals surface area contributed by atoms with Crippen molar-refractivity contribution in [2.75, 3.05) is 0 Å². The fourth-order valence-corrected chi connectivity index (χ4v) is 2.04. The van der Waals surface area contributed by atoms with Crippen LogP contribution in [0.15, 0.2) is 0 Å². The van der Waals surface area contributed by atoms with Crippen LogP contribution in [-0.2, 0) is 14.3 Å². The van der Waals surface area contributed by atoms with Crippen LogP contribution in [-0.4, -0.2) is 34.7 Å². The van der Waals surface area contributed by atoms with Crippen LogP contribution in [0.3, 0.4) is 0 Å². The van der Waals surface area contributed by atoms with Crippen molar-refractivity contribution in [3.8, 4) is 0 Å². The molecule has 18 heavy (non-hydrogen) atoms. The second kappa shape index (κ2) is 7.36. The third-order valence-corrected chi connectivity index (χ3v) is 2.33. The number of carboxylic acid groups (broad SMARTS) is 1. The Hall–Kier alpha value is -1.10. The molecule has 0 saturated carbocycles. The van der Waals surface area contributed by atoms with Crippen LogP contribution in [0.25, 0.3) is 0 Å². The number of hydrogen-bond donors (Lipinski definition) is 2. The molecule has 0 rings (SSSR count). The van der Waals surface area contributed by atoms with Crippen molar-refractivity contribution < 1.29 is 19.4 Å². The van der Waals surface area contributed by atoms with E-state index in [0.717, 1.165) is 0 Å². The van der Waals surface area contributed by atoms with Crippen LogP contribution in [0.5, 0.6) is 0 Å². The van der Waals surface area contributed by atoms with Gasteiger partial charge in [0.25, 0.3) is 0 Å². The Bertz CT molecular complexity index is 287. The number of hydrogen-bond acceptors (Lipinski definition) is 3. The van der Waals surface area contributed by atoms with Gasteiger partial charge < -0.3 is 15.2 Å². The normalized spacial score (nSPS) is 13.4. The fourth-order valence-electron chi connectivity index (χ4n) is 2.04. The first-order chi connectivity index (χ1) is 8.12. The molecular weight excluding hydrogens is 234 g/mol. The summed E-state index contributed by atoms with van der Waals surface area (Å²) in [5.41, 5.74) is -0.312. The highest BCUT2D eigenvalue weighted by Crippen LogP contribution is 2.18. The van der Waals surface area contributed by atoms with Gasteiger partial charge in [-0.2, -0.15) is 0 Å². The second-order valence-electron chi connectivity index (χ2n) is 5.49. The Labute approximate surface area is 109 Å². The lowest BCUT2D eigenvalue weighted by Crippen LogP contribution is -2.40. The second-order valence-corrected chi connectivity index (χ2v) is 5.49. The van der Waals surface area contributed by atoms with Crippen molar-refractivity contribution >= 4 is 11.9 Å².